The van der Waals surface area contributed by atoms with Crippen LogP contribution in [0.4, 0.5) is 0 Å². The first kappa shape index (κ1) is 30.9. The minimum absolute atomic E-state index is 0.299. The Bertz CT molecular complexity index is 808. The summed E-state index contributed by atoms with van der Waals surface area (Å²) in [6.45, 7) is 2.47. The number of nitrogens with zero attached hydrogens (tertiary/aromatic N) is 2. The molecule has 1 aromatic rings. The van der Waals surface area contributed by atoms with Crippen LogP contribution < -0.4 is 5.09 Å². The standard InChI is InChI=1S/C27H46N3O2PS/c1-5-20-34-33(32,30(3)4)29-19-15-13-11-9-7-6-8-10-12-14-16-27(31)22-26-18-17-25(23-28)21-24(26)2/h17-18,21H,5-16,19-20,22H2,1-4H3,(H,29,32). The zero-order valence-electron chi connectivity index (χ0n) is 21.9. The Morgan fingerprint density at radius 3 is 2.15 bits per heavy atom. The van der Waals surface area contributed by atoms with Crippen molar-refractivity contribution >= 4 is 23.8 Å². The van der Waals surface area contributed by atoms with Crippen molar-refractivity contribution in [2.24, 2.45) is 0 Å². The Morgan fingerprint density at radius 2 is 1.62 bits per heavy atom. The molecule has 34 heavy (non-hydrogen) atoms. The van der Waals surface area contributed by atoms with Gasteiger partial charge in [0.15, 0.2) is 0 Å². The molecule has 0 aromatic heterocycles. The molecule has 1 unspecified atom stereocenters. The van der Waals surface area contributed by atoms with Crippen molar-refractivity contribution in [1.82, 2.24) is 9.76 Å². The van der Waals surface area contributed by atoms with E-state index in [0.717, 1.165) is 49.1 Å². The van der Waals surface area contributed by atoms with E-state index in [1.54, 1.807) is 17.4 Å². The second kappa shape index (κ2) is 18.2. The number of aryl methyl sites for hydroxylation is 1. The molecule has 1 atom stereocenters. The number of nitrogens with one attached hydrogen (secondary N) is 1. The first-order valence-corrected chi connectivity index (χ1v) is 16.3. The number of Topliss-reactive ketones (excluding diaryl/α,β-unsaturated/α-hetero) is 1. The van der Waals surface area contributed by atoms with Crippen LogP contribution in [0.2, 0.25) is 0 Å². The van der Waals surface area contributed by atoms with E-state index in [2.05, 4.69) is 18.1 Å². The molecule has 0 spiro atoms. The quantitative estimate of drug-likeness (QED) is 0.144. The van der Waals surface area contributed by atoms with Gasteiger partial charge in [-0.05, 0) is 63.5 Å². The van der Waals surface area contributed by atoms with E-state index < -0.39 is 6.65 Å². The van der Waals surface area contributed by atoms with E-state index in [1.807, 2.05) is 37.8 Å². The molecule has 0 radical (unpaired) electrons. The monoisotopic (exact) mass is 507 g/mol. The molecule has 0 aliphatic rings. The molecule has 1 N–H and O–H groups in total. The lowest BCUT2D eigenvalue weighted by Gasteiger charge is -2.24. The Kier molecular flexibility index (Phi) is 16.5. The van der Waals surface area contributed by atoms with Gasteiger partial charge in [-0.2, -0.15) is 5.26 Å². The van der Waals surface area contributed by atoms with Crippen LogP contribution in [-0.2, 0) is 15.8 Å². The third-order valence-electron chi connectivity index (χ3n) is 6.05. The van der Waals surface area contributed by atoms with Gasteiger partial charge in [-0.25, -0.2) is 9.76 Å². The summed E-state index contributed by atoms with van der Waals surface area (Å²) in [6.07, 6.45) is 14.1. The normalized spacial score (nSPS) is 13.1. The molecule has 1 rings (SSSR count). The summed E-state index contributed by atoms with van der Waals surface area (Å²) < 4.78 is 14.7. The molecule has 0 saturated carbocycles. The van der Waals surface area contributed by atoms with Gasteiger partial charge in [0.1, 0.15) is 5.78 Å². The van der Waals surface area contributed by atoms with Gasteiger partial charge in [0.2, 0.25) is 0 Å². The molecule has 7 heteroatoms. The van der Waals surface area contributed by atoms with Crippen LogP contribution in [0.15, 0.2) is 18.2 Å². The van der Waals surface area contributed by atoms with Gasteiger partial charge >= 0.3 is 0 Å². The largest absolute Gasteiger partial charge is 0.299 e. The van der Waals surface area contributed by atoms with Gasteiger partial charge in [0.05, 0.1) is 11.6 Å². The number of ketones is 1. The highest BCUT2D eigenvalue weighted by Crippen LogP contribution is 2.56. The minimum Gasteiger partial charge on any atom is -0.299 e. The number of carbonyl (C=O) groups excluding carboxylic acids is 1. The fraction of sp³-hybridized carbons (Fsp3) is 0.704. The molecular formula is C27H46N3O2PS. The van der Waals surface area contributed by atoms with Gasteiger partial charge in [0.25, 0.3) is 6.65 Å². The first-order chi connectivity index (χ1) is 16.3. The van der Waals surface area contributed by atoms with Crippen molar-refractivity contribution in [3.8, 4) is 6.07 Å². The van der Waals surface area contributed by atoms with Crippen LogP contribution >= 0.6 is 18.0 Å². The van der Waals surface area contributed by atoms with Crippen molar-refractivity contribution in [2.75, 3.05) is 26.4 Å². The van der Waals surface area contributed by atoms with E-state index in [0.29, 0.717) is 24.2 Å². The maximum atomic E-state index is 12.9. The Hall–Kier alpha value is -1.12. The highest BCUT2D eigenvalue weighted by molar-refractivity contribution is 8.56. The van der Waals surface area contributed by atoms with Crippen LogP contribution in [0.1, 0.15) is 101 Å². The molecule has 0 aliphatic heterocycles. The van der Waals surface area contributed by atoms with Gasteiger partial charge in [-0.3, -0.25) is 9.36 Å². The summed E-state index contributed by atoms with van der Waals surface area (Å²) in [5.74, 6) is 1.23. The Labute approximate surface area is 212 Å². The van der Waals surface area contributed by atoms with Crippen LogP contribution in [0, 0.1) is 18.3 Å². The van der Waals surface area contributed by atoms with Gasteiger partial charge in [-0.15, -0.1) is 0 Å². The van der Waals surface area contributed by atoms with Crippen LogP contribution in [-0.4, -0.2) is 36.8 Å². The SMILES string of the molecule is CCCSP(=O)(NCCCCCCCCCCCCC(=O)Cc1ccc(C#N)cc1C)N(C)C. The number of hydrogen-bond donors (Lipinski definition) is 1. The second-order valence-electron chi connectivity index (χ2n) is 9.36. The van der Waals surface area contributed by atoms with Gasteiger partial charge in [0, 0.05) is 25.1 Å². The summed E-state index contributed by atoms with van der Waals surface area (Å²) in [4.78, 5) is 12.2. The third-order valence-corrected chi connectivity index (χ3v) is 11.6. The first-order valence-electron chi connectivity index (χ1n) is 13.0. The summed E-state index contributed by atoms with van der Waals surface area (Å²) in [6, 6.07) is 7.71. The average Bonchev–Trinajstić information content (AvgIpc) is 2.81. The molecule has 0 fully saturated rings. The Morgan fingerprint density at radius 1 is 1.03 bits per heavy atom. The highest BCUT2D eigenvalue weighted by atomic mass is 32.7. The number of carbonyl (C=O) groups is 1. The summed E-state index contributed by atoms with van der Waals surface area (Å²) >= 11 is 1.56. The molecule has 0 saturated heterocycles. The predicted octanol–water partition coefficient (Wildman–Crippen LogP) is 7.67. The van der Waals surface area contributed by atoms with Crippen molar-refractivity contribution in [3.05, 3.63) is 34.9 Å². The average molecular weight is 508 g/mol. The zero-order valence-corrected chi connectivity index (χ0v) is 23.6. The number of unbranched alkanes of at least 4 members (excludes halogenated alkanes) is 9. The molecule has 0 amide bonds. The summed E-state index contributed by atoms with van der Waals surface area (Å²) in [7, 11) is 3.79. The van der Waals surface area contributed by atoms with Crippen molar-refractivity contribution in [2.45, 2.75) is 97.3 Å². The van der Waals surface area contributed by atoms with E-state index in [4.69, 9.17) is 5.26 Å². The predicted molar refractivity (Wildman–Crippen MR) is 147 cm³/mol. The summed E-state index contributed by atoms with van der Waals surface area (Å²) in [5, 5.41) is 12.2. The molecule has 1 aromatic carbocycles. The molecular weight excluding hydrogens is 461 g/mol. The Balaban J connectivity index is 1.98. The topological polar surface area (TPSA) is 73.2 Å². The van der Waals surface area contributed by atoms with E-state index in [1.165, 1.54) is 44.9 Å². The maximum Gasteiger partial charge on any atom is 0.268 e. The third kappa shape index (κ3) is 13.1. The molecule has 0 aliphatic carbocycles. The zero-order chi connectivity index (χ0) is 25.2. The van der Waals surface area contributed by atoms with E-state index in [-0.39, 0.29) is 0 Å². The number of benzene rings is 1. The van der Waals surface area contributed by atoms with Crippen LogP contribution in [0.5, 0.6) is 0 Å². The van der Waals surface area contributed by atoms with Crippen molar-refractivity contribution in [1.29, 1.82) is 5.26 Å². The van der Waals surface area contributed by atoms with Crippen molar-refractivity contribution in [3.63, 3.8) is 0 Å². The lowest BCUT2D eigenvalue weighted by molar-refractivity contribution is -0.118. The number of rotatable bonds is 20. The van der Waals surface area contributed by atoms with E-state index in [9.17, 15) is 9.36 Å². The van der Waals surface area contributed by atoms with Gasteiger partial charge in [-0.1, -0.05) is 75.7 Å². The minimum atomic E-state index is -2.45. The van der Waals surface area contributed by atoms with Crippen molar-refractivity contribution < 1.29 is 9.36 Å². The lowest BCUT2D eigenvalue weighted by Crippen LogP contribution is -2.20. The molecule has 5 nitrogen and oxygen atoms in total. The highest BCUT2D eigenvalue weighted by Gasteiger charge is 2.24. The second-order valence-corrected chi connectivity index (χ2v) is 14.4. The maximum absolute atomic E-state index is 12.9. The molecule has 0 heterocycles. The van der Waals surface area contributed by atoms with Gasteiger partial charge < -0.3 is 0 Å². The fourth-order valence-corrected chi connectivity index (χ4v) is 7.87. The smallest absolute Gasteiger partial charge is 0.268 e. The number of nitriles is 1. The molecule has 0 bridgehead atoms. The summed E-state index contributed by atoms with van der Waals surface area (Å²) in [5.41, 5.74) is 2.73. The fourth-order valence-electron chi connectivity index (χ4n) is 3.86. The number of hydrogen-bond acceptors (Lipinski definition) is 4. The van der Waals surface area contributed by atoms with E-state index >= 15 is 0 Å². The lowest BCUT2D eigenvalue weighted by atomic mass is 9.98. The molecule has 192 valence electrons. The van der Waals surface area contributed by atoms with Crippen LogP contribution in [0.3, 0.4) is 0 Å². The van der Waals surface area contributed by atoms with Crippen LogP contribution in [0.25, 0.3) is 0 Å².